The van der Waals surface area contributed by atoms with E-state index >= 15 is 0 Å². The zero-order valence-electron chi connectivity index (χ0n) is 9.00. The Morgan fingerprint density at radius 1 is 1.44 bits per heavy atom. The molecule has 1 aromatic carbocycles. The van der Waals surface area contributed by atoms with E-state index in [9.17, 15) is 4.79 Å². The standard InChI is InChI=1S/C11H8BrN3O2S/c12-8-3-1-7(2-4-8)5-13-15-11-14-9(6-18-11)10(16)17/h1-6H,(H,14,15)(H,16,17)/b13-5+. The molecule has 0 amide bonds. The summed E-state index contributed by atoms with van der Waals surface area (Å²) in [6.45, 7) is 0. The number of halogens is 1. The molecule has 0 aliphatic heterocycles. The lowest BCUT2D eigenvalue weighted by atomic mass is 10.2. The van der Waals surface area contributed by atoms with Crippen LogP contribution in [0.15, 0.2) is 39.2 Å². The third-order valence-corrected chi connectivity index (χ3v) is 3.24. The molecule has 2 rings (SSSR count). The van der Waals surface area contributed by atoms with Crippen molar-refractivity contribution in [2.75, 3.05) is 5.43 Å². The monoisotopic (exact) mass is 325 g/mol. The molecular formula is C11H8BrN3O2S. The highest BCUT2D eigenvalue weighted by Crippen LogP contribution is 2.15. The van der Waals surface area contributed by atoms with Crippen LogP contribution in [-0.4, -0.2) is 22.3 Å². The van der Waals surface area contributed by atoms with E-state index in [4.69, 9.17) is 5.11 Å². The molecule has 5 nitrogen and oxygen atoms in total. The fourth-order valence-corrected chi connectivity index (χ4v) is 2.03. The fourth-order valence-electron chi connectivity index (χ4n) is 1.13. The van der Waals surface area contributed by atoms with Crippen LogP contribution in [0, 0.1) is 0 Å². The minimum absolute atomic E-state index is 0.0151. The zero-order chi connectivity index (χ0) is 13.0. The number of hydrogen-bond donors (Lipinski definition) is 2. The van der Waals surface area contributed by atoms with Gasteiger partial charge in [-0.25, -0.2) is 9.78 Å². The maximum Gasteiger partial charge on any atom is 0.355 e. The molecule has 0 bridgehead atoms. The van der Waals surface area contributed by atoms with Gasteiger partial charge in [-0.3, -0.25) is 5.43 Å². The topological polar surface area (TPSA) is 74.6 Å². The van der Waals surface area contributed by atoms with Crippen molar-refractivity contribution in [3.63, 3.8) is 0 Å². The summed E-state index contributed by atoms with van der Waals surface area (Å²) < 4.78 is 0.999. The number of benzene rings is 1. The molecule has 18 heavy (non-hydrogen) atoms. The van der Waals surface area contributed by atoms with E-state index in [1.807, 2.05) is 24.3 Å². The van der Waals surface area contributed by atoms with Crippen molar-refractivity contribution in [2.45, 2.75) is 0 Å². The minimum atomic E-state index is -1.05. The van der Waals surface area contributed by atoms with Gasteiger partial charge in [-0.15, -0.1) is 11.3 Å². The summed E-state index contributed by atoms with van der Waals surface area (Å²) >= 11 is 4.53. The summed E-state index contributed by atoms with van der Waals surface area (Å²) in [7, 11) is 0. The Morgan fingerprint density at radius 3 is 2.78 bits per heavy atom. The largest absolute Gasteiger partial charge is 0.476 e. The van der Waals surface area contributed by atoms with E-state index in [1.165, 1.54) is 16.7 Å². The molecule has 0 radical (unpaired) electrons. The average molecular weight is 326 g/mol. The highest BCUT2D eigenvalue weighted by Gasteiger charge is 2.07. The molecule has 1 aromatic heterocycles. The summed E-state index contributed by atoms with van der Waals surface area (Å²) in [6, 6.07) is 7.63. The molecule has 0 atom stereocenters. The van der Waals surface area contributed by atoms with E-state index < -0.39 is 5.97 Å². The first kappa shape index (κ1) is 12.7. The number of carboxylic acids is 1. The van der Waals surface area contributed by atoms with Crippen LogP contribution in [0.1, 0.15) is 16.1 Å². The van der Waals surface area contributed by atoms with Crippen molar-refractivity contribution in [1.29, 1.82) is 0 Å². The van der Waals surface area contributed by atoms with Gasteiger partial charge in [0.2, 0.25) is 5.13 Å². The number of nitrogens with one attached hydrogen (secondary N) is 1. The van der Waals surface area contributed by atoms with E-state index in [0.717, 1.165) is 10.0 Å². The number of rotatable bonds is 4. The Morgan fingerprint density at radius 2 is 2.17 bits per heavy atom. The van der Waals surface area contributed by atoms with Gasteiger partial charge in [0.05, 0.1) is 6.21 Å². The molecule has 1 heterocycles. The van der Waals surface area contributed by atoms with Gasteiger partial charge in [0.15, 0.2) is 5.69 Å². The lowest BCUT2D eigenvalue weighted by Crippen LogP contribution is -1.97. The first-order valence-corrected chi connectivity index (χ1v) is 6.56. The summed E-state index contributed by atoms with van der Waals surface area (Å²) in [5.41, 5.74) is 3.63. The van der Waals surface area contributed by atoms with Crippen LogP contribution in [0.5, 0.6) is 0 Å². The van der Waals surface area contributed by atoms with E-state index in [2.05, 4.69) is 31.4 Å². The minimum Gasteiger partial charge on any atom is -0.476 e. The fraction of sp³-hybridized carbons (Fsp3) is 0. The second-order valence-corrected chi connectivity index (χ2v) is 5.04. The predicted octanol–water partition coefficient (Wildman–Crippen LogP) is 3.05. The molecule has 2 aromatic rings. The van der Waals surface area contributed by atoms with E-state index in [1.54, 1.807) is 6.21 Å². The molecule has 0 aliphatic carbocycles. The molecule has 0 unspecified atom stereocenters. The van der Waals surface area contributed by atoms with Crippen molar-refractivity contribution >= 4 is 44.6 Å². The Hall–Kier alpha value is -1.73. The summed E-state index contributed by atoms with van der Waals surface area (Å²) in [6.07, 6.45) is 1.63. The second-order valence-electron chi connectivity index (χ2n) is 3.26. The van der Waals surface area contributed by atoms with Crippen molar-refractivity contribution in [3.05, 3.63) is 45.4 Å². The molecule has 92 valence electrons. The van der Waals surface area contributed by atoms with Gasteiger partial charge in [0.25, 0.3) is 0 Å². The number of carbonyl (C=O) groups is 1. The van der Waals surface area contributed by atoms with Crippen LogP contribution in [0.3, 0.4) is 0 Å². The quantitative estimate of drug-likeness (QED) is 0.669. The Kier molecular flexibility index (Phi) is 4.06. The molecule has 2 N–H and O–H groups in total. The average Bonchev–Trinajstić information content (AvgIpc) is 2.81. The van der Waals surface area contributed by atoms with Gasteiger partial charge in [-0.1, -0.05) is 28.1 Å². The summed E-state index contributed by atoms with van der Waals surface area (Å²) in [5, 5.41) is 14.6. The second kappa shape index (κ2) is 5.74. The van der Waals surface area contributed by atoms with Crippen molar-refractivity contribution < 1.29 is 9.90 Å². The Balaban J connectivity index is 1.98. The third kappa shape index (κ3) is 3.38. The van der Waals surface area contributed by atoms with Crippen LogP contribution in [0.25, 0.3) is 0 Å². The van der Waals surface area contributed by atoms with Crippen molar-refractivity contribution in [1.82, 2.24) is 4.98 Å². The van der Waals surface area contributed by atoms with Gasteiger partial charge in [0.1, 0.15) is 0 Å². The Labute approximate surface area is 115 Å². The first-order chi connectivity index (χ1) is 8.65. The maximum absolute atomic E-state index is 10.6. The normalized spacial score (nSPS) is 10.7. The van der Waals surface area contributed by atoms with Crippen molar-refractivity contribution in [2.24, 2.45) is 5.10 Å². The number of hydrazone groups is 1. The summed E-state index contributed by atoms with van der Waals surface area (Å²) in [5.74, 6) is -1.05. The highest BCUT2D eigenvalue weighted by molar-refractivity contribution is 9.10. The molecule has 0 saturated heterocycles. The molecule has 0 saturated carbocycles. The SMILES string of the molecule is O=C(O)c1csc(N/N=C/c2ccc(Br)cc2)n1. The maximum atomic E-state index is 10.6. The molecule has 0 spiro atoms. The van der Waals surface area contributed by atoms with Gasteiger partial charge >= 0.3 is 5.97 Å². The van der Waals surface area contributed by atoms with Crippen LogP contribution in [0.4, 0.5) is 5.13 Å². The van der Waals surface area contributed by atoms with Crippen LogP contribution >= 0.6 is 27.3 Å². The van der Waals surface area contributed by atoms with Crippen LogP contribution < -0.4 is 5.43 Å². The number of aromatic carboxylic acids is 1. The van der Waals surface area contributed by atoms with E-state index in [-0.39, 0.29) is 5.69 Å². The lowest BCUT2D eigenvalue weighted by molar-refractivity contribution is 0.0691. The molecular weight excluding hydrogens is 318 g/mol. The lowest BCUT2D eigenvalue weighted by Gasteiger charge is -1.94. The predicted molar refractivity (Wildman–Crippen MR) is 74.4 cm³/mol. The smallest absolute Gasteiger partial charge is 0.355 e. The summed E-state index contributed by atoms with van der Waals surface area (Å²) in [4.78, 5) is 14.5. The number of carboxylic acid groups (broad SMARTS) is 1. The van der Waals surface area contributed by atoms with Gasteiger partial charge < -0.3 is 5.11 Å². The van der Waals surface area contributed by atoms with Gasteiger partial charge in [-0.05, 0) is 17.7 Å². The number of anilines is 1. The Bertz CT molecular complexity index is 580. The van der Waals surface area contributed by atoms with Gasteiger partial charge in [0, 0.05) is 9.85 Å². The van der Waals surface area contributed by atoms with Gasteiger partial charge in [-0.2, -0.15) is 5.10 Å². The number of thiazole rings is 1. The molecule has 0 aliphatic rings. The number of aromatic nitrogens is 1. The number of nitrogens with zero attached hydrogens (tertiary/aromatic N) is 2. The first-order valence-electron chi connectivity index (χ1n) is 4.88. The third-order valence-electron chi connectivity index (χ3n) is 1.97. The number of hydrogen-bond acceptors (Lipinski definition) is 5. The molecule has 7 heteroatoms. The van der Waals surface area contributed by atoms with Crippen molar-refractivity contribution in [3.8, 4) is 0 Å². The van der Waals surface area contributed by atoms with Crippen LogP contribution in [0.2, 0.25) is 0 Å². The highest BCUT2D eigenvalue weighted by atomic mass is 79.9. The zero-order valence-corrected chi connectivity index (χ0v) is 11.4. The van der Waals surface area contributed by atoms with Crippen LogP contribution in [-0.2, 0) is 0 Å². The molecule has 0 fully saturated rings. The van der Waals surface area contributed by atoms with E-state index in [0.29, 0.717) is 5.13 Å².